The predicted octanol–water partition coefficient (Wildman–Crippen LogP) is 6.82. The Morgan fingerprint density at radius 3 is 1.25 bits per heavy atom. The number of anilines is 2. The van der Waals surface area contributed by atoms with Crippen LogP contribution in [-0.4, -0.2) is 37.6 Å². The van der Waals surface area contributed by atoms with E-state index < -0.39 is 32.5 Å². The molecule has 4 aliphatic carbocycles. The Bertz CT molecular complexity index is 1510. The summed E-state index contributed by atoms with van der Waals surface area (Å²) in [4.78, 5) is 53.3. The third-order valence-electron chi connectivity index (χ3n) is 13.5. The summed E-state index contributed by atoms with van der Waals surface area (Å²) in [6, 6.07) is 11.1. The fourth-order valence-electron chi connectivity index (χ4n) is 9.15. The molecule has 2 aromatic rings. The van der Waals surface area contributed by atoms with Gasteiger partial charge in [-0.3, -0.25) is 19.2 Å². The van der Waals surface area contributed by atoms with Crippen LogP contribution in [0.3, 0.4) is 0 Å². The van der Waals surface area contributed by atoms with Crippen LogP contribution in [0.2, 0.25) is 0 Å². The Labute approximate surface area is 259 Å². The number of carbonyl (C=O) groups excluding carboxylic acids is 4. The van der Waals surface area contributed by atoms with Crippen LogP contribution in [-0.2, 0) is 19.2 Å². The van der Waals surface area contributed by atoms with Crippen LogP contribution in [0.15, 0.2) is 36.4 Å². The number of benzene rings is 2. The van der Waals surface area contributed by atoms with Gasteiger partial charge in [0.15, 0.2) is 0 Å². The molecule has 0 saturated heterocycles. The summed E-state index contributed by atoms with van der Waals surface area (Å²) < 4.78 is 11.4. The molecule has 4 fully saturated rings. The maximum atomic E-state index is 13.8. The summed E-state index contributed by atoms with van der Waals surface area (Å²) in [5.41, 5.74) is -0.556. The van der Waals surface area contributed by atoms with Crippen molar-refractivity contribution in [2.24, 2.45) is 32.5 Å². The van der Waals surface area contributed by atoms with Crippen LogP contribution in [0.1, 0.15) is 80.1 Å². The predicted molar refractivity (Wildman–Crippen MR) is 169 cm³/mol. The summed E-state index contributed by atoms with van der Waals surface area (Å²) >= 11 is 0. The Hall–Kier alpha value is -3.68. The molecule has 2 N–H and O–H groups in total. The number of ketones is 2. The van der Waals surface area contributed by atoms with Gasteiger partial charge in [-0.2, -0.15) is 0 Å². The van der Waals surface area contributed by atoms with Crippen LogP contribution in [0.25, 0.3) is 11.1 Å². The Morgan fingerprint density at radius 2 is 0.977 bits per heavy atom. The molecule has 0 heterocycles. The normalized spacial score (nSPS) is 32.5. The van der Waals surface area contributed by atoms with E-state index in [1.54, 1.807) is 14.2 Å². The fourth-order valence-corrected chi connectivity index (χ4v) is 9.15. The maximum Gasteiger partial charge on any atom is 0.231 e. The molecule has 4 bridgehead atoms. The second-order valence-corrected chi connectivity index (χ2v) is 15.0. The van der Waals surface area contributed by atoms with Gasteiger partial charge in [0.25, 0.3) is 0 Å². The molecular formula is C36H44N2O6. The first-order valence-corrected chi connectivity index (χ1v) is 15.6. The lowest BCUT2D eigenvalue weighted by atomic mass is 9.64. The molecule has 2 amide bonds. The molecule has 4 saturated carbocycles. The van der Waals surface area contributed by atoms with Gasteiger partial charge in [-0.05, 0) is 71.9 Å². The van der Waals surface area contributed by atoms with Gasteiger partial charge in [-0.1, -0.05) is 53.7 Å². The number of carbonyl (C=O) groups is 4. The van der Waals surface area contributed by atoms with Crippen molar-refractivity contribution in [2.75, 3.05) is 24.9 Å². The lowest BCUT2D eigenvalue weighted by Crippen LogP contribution is -2.43. The van der Waals surface area contributed by atoms with E-state index in [4.69, 9.17) is 9.47 Å². The smallest absolute Gasteiger partial charge is 0.231 e. The molecule has 234 valence electrons. The molecule has 44 heavy (non-hydrogen) atoms. The van der Waals surface area contributed by atoms with E-state index >= 15 is 0 Å². The molecular weight excluding hydrogens is 556 g/mol. The van der Waals surface area contributed by atoms with Gasteiger partial charge in [-0.15, -0.1) is 0 Å². The van der Waals surface area contributed by atoms with Crippen molar-refractivity contribution in [2.45, 2.75) is 80.1 Å². The van der Waals surface area contributed by atoms with E-state index in [9.17, 15) is 19.2 Å². The maximum absolute atomic E-state index is 13.8. The summed E-state index contributed by atoms with van der Waals surface area (Å²) in [6.45, 7) is 12.2. The SMILES string of the molecule is COc1cc(-c2ccc(NC(=O)[C@@]34CC[C@](C)(C(=O)C3)C4(C)C)c(OC)c2)ccc1NC(=O)[C@@]12CC[C@](C)(C(=O)C1)C2(C)C. The molecule has 6 rings (SSSR count). The number of nitrogens with one attached hydrogen (secondary N) is 2. The number of fused-ring (bicyclic) bond motifs is 4. The monoisotopic (exact) mass is 600 g/mol. The van der Waals surface area contributed by atoms with E-state index in [2.05, 4.69) is 10.6 Å². The minimum absolute atomic E-state index is 0.140. The van der Waals surface area contributed by atoms with Crippen molar-refractivity contribution in [3.05, 3.63) is 36.4 Å². The number of Topliss-reactive ketones (excluding diaryl/α,β-unsaturated/α-hetero) is 2. The third kappa shape index (κ3) is 3.57. The number of rotatable bonds is 7. The van der Waals surface area contributed by atoms with Crippen molar-refractivity contribution >= 4 is 34.8 Å². The van der Waals surface area contributed by atoms with Crippen molar-refractivity contribution < 1.29 is 28.7 Å². The van der Waals surface area contributed by atoms with Gasteiger partial charge in [0, 0.05) is 23.7 Å². The average Bonchev–Trinajstić information content (AvgIpc) is 3.45. The highest BCUT2D eigenvalue weighted by Gasteiger charge is 2.73. The summed E-state index contributed by atoms with van der Waals surface area (Å²) in [5, 5.41) is 6.17. The van der Waals surface area contributed by atoms with Gasteiger partial charge in [0.05, 0.1) is 36.4 Å². The molecule has 0 aliphatic heterocycles. The van der Waals surface area contributed by atoms with E-state index in [1.165, 1.54) is 0 Å². The summed E-state index contributed by atoms with van der Waals surface area (Å²) in [5.74, 6) is 1.06. The van der Waals surface area contributed by atoms with Crippen molar-refractivity contribution in [1.29, 1.82) is 0 Å². The molecule has 4 atom stereocenters. The quantitative estimate of drug-likeness (QED) is 0.361. The zero-order chi connectivity index (χ0) is 32.1. The zero-order valence-electron chi connectivity index (χ0n) is 27.2. The third-order valence-corrected chi connectivity index (χ3v) is 13.5. The number of hydrogen-bond donors (Lipinski definition) is 2. The van der Waals surface area contributed by atoms with E-state index in [-0.39, 0.29) is 36.2 Å². The van der Waals surface area contributed by atoms with Crippen LogP contribution in [0, 0.1) is 32.5 Å². The highest BCUT2D eigenvalue weighted by atomic mass is 16.5. The summed E-state index contributed by atoms with van der Waals surface area (Å²) in [7, 11) is 3.12. The average molecular weight is 601 g/mol. The minimum atomic E-state index is -0.742. The lowest BCUT2D eigenvalue weighted by molar-refractivity contribution is -0.131. The van der Waals surface area contributed by atoms with Crippen molar-refractivity contribution in [1.82, 2.24) is 0 Å². The van der Waals surface area contributed by atoms with Crippen LogP contribution in [0.4, 0.5) is 11.4 Å². The molecule has 8 heteroatoms. The van der Waals surface area contributed by atoms with Gasteiger partial charge in [-0.25, -0.2) is 0 Å². The molecule has 0 aromatic heterocycles. The zero-order valence-corrected chi connectivity index (χ0v) is 27.2. The van der Waals surface area contributed by atoms with Crippen molar-refractivity contribution in [3.63, 3.8) is 0 Å². The van der Waals surface area contributed by atoms with Crippen LogP contribution >= 0.6 is 0 Å². The molecule has 2 aromatic carbocycles. The van der Waals surface area contributed by atoms with Crippen molar-refractivity contribution in [3.8, 4) is 22.6 Å². The summed E-state index contributed by atoms with van der Waals surface area (Å²) in [6.07, 6.45) is 3.34. The first kappa shape index (κ1) is 30.4. The Morgan fingerprint density at radius 1 is 0.614 bits per heavy atom. The van der Waals surface area contributed by atoms with Crippen LogP contribution in [0.5, 0.6) is 11.5 Å². The molecule has 0 radical (unpaired) electrons. The Balaban J connectivity index is 1.24. The minimum Gasteiger partial charge on any atom is -0.495 e. The van der Waals surface area contributed by atoms with Crippen LogP contribution < -0.4 is 20.1 Å². The molecule has 4 aliphatic rings. The Kier molecular flexibility index (Phi) is 6.49. The standard InChI is InChI=1S/C36H44N2O6/c1-31(2)33(5)13-15-35(31,19-27(33)39)29(41)37-23-11-9-21(17-25(23)43-7)22-10-12-24(26(18-22)44-8)38-30(42)36-16-14-34(6,28(40)20-36)32(36,3)4/h9-12,17-18H,13-16,19-20H2,1-8H3,(H,37,41)(H,38,42)/t33-,34-,35-,36-/m1/s1. The van der Waals surface area contributed by atoms with Gasteiger partial charge in [0.1, 0.15) is 23.1 Å². The van der Waals surface area contributed by atoms with Gasteiger partial charge >= 0.3 is 0 Å². The second-order valence-electron chi connectivity index (χ2n) is 15.0. The number of amides is 2. The molecule has 0 unspecified atom stereocenters. The molecule has 0 spiro atoms. The van der Waals surface area contributed by atoms with E-state index in [0.717, 1.165) is 24.0 Å². The second kappa shape index (κ2) is 9.41. The highest BCUT2D eigenvalue weighted by Crippen LogP contribution is 2.72. The molecule has 8 nitrogen and oxygen atoms in total. The number of hydrogen-bond acceptors (Lipinski definition) is 6. The lowest BCUT2D eigenvalue weighted by Gasteiger charge is -2.38. The number of methoxy groups -OCH3 is 2. The highest BCUT2D eigenvalue weighted by molar-refractivity contribution is 6.06. The van der Waals surface area contributed by atoms with E-state index in [1.807, 2.05) is 77.9 Å². The largest absolute Gasteiger partial charge is 0.495 e. The fraction of sp³-hybridized carbons (Fsp3) is 0.556. The van der Waals surface area contributed by atoms with Gasteiger partial charge in [0.2, 0.25) is 11.8 Å². The van der Waals surface area contributed by atoms with Gasteiger partial charge < -0.3 is 20.1 Å². The number of ether oxygens (including phenoxy) is 2. The first-order valence-electron chi connectivity index (χ1n) is 15.6. The first-order chi connectivity index (χ1) is 20.5. The van der Waals surface area contributed by atoms with E-state index in [0.29, 0.717) is 35.7 Å². The topological polar surface area (TPSA) is 111 Å².